The second kappa shape index (κ2) is 13.7. The molecule has 0 aromatic carbocycles. The number of ether oxygens (including phenoxy) is 2. The number of nitrogens with one attached hydrogen (secondary N) is 1. The number of unbranched alkanes of at least 4 members (excludes halogenated alkanes) is 1. The molecule has 1 aromatic heterocycles. The number of hydrogen-bond acceptors (Lipinski definition) is 7. The maximum Gasteiger partial charge on any atom is 0.205 e. The fourth-order valence-corrected chi connectivity index (χ4v) is 3.64. The molecule has 0 amide bonds. The molecule has 0 spiro atoms. The minimum atomic E-state index is 0.622. The van der Waals surface area contributed by atoms with Gasteiger partial charge in [-0.15, -0.1) is 0 Å². The van der Waals surface area contributed by atoms with E-state index >= 15 is 0 Å². The number of piperazine rings is 1. The summed E-state index contributed by atoms with van der Waals surface area (Å²) in [6.07, 6.45) is 3.17. The van der Waals surface area contributed by atoms with Crippen LogP contribution < -0.4 is 10.2 Å². The van der Waals surface area contributed by atoms with Gasteiger partial charge in [0.2, 0.25) is 5.13 Å². The fraction of sp³-hybridized carbons (Fsp3) is 0.842. The summed E-state index contributed by atoms with van der Waals surface area (Å²) in [6.45, 7) is 14.4. The van der Waals surface area contributed by atoms with E-state index in [9.17, 15) is 0 Å². The molecule has 1 N–H and O–H groups in total. The van der Waals surface area contributed by atoms with Gasteiger partial charge >= 0.3 is 0 Å². The highest BCUT2D eigenvalue weighted by molar-refractivity contribution is 7.09. The molecule has 0 unspecified atom stereocenters. The number of nitrogens with zero attached hydrogens (tertiary/aromatic N) is 5. The Hall–Kier alpha value is -1.45. The lowest BCUT2D eigenvalue weighted by Crippen LogP contribution is -2.52. The summed E-state index contributed by atoms with van der Waals surface area (Å²) in [7, 11) is 0. The van der Waals surface area contributed by atoms with Crippen molar-refractivity contribution >= 4 is 22.6 Å². The van der Waals surface area contributed by atoms with E-state index in [1.165, 1.54) is 11.5 Å². The average molecular weight is 413 g/mol. The van der Waals surface area contributed by atoms with E-state index in [0.717, 1.165) is 75.5 Å². The van der Waals surface area contributed by atoms with Crippen LogP contribution in [0.25, 0.3) is 0 Å². The number of rotatable bonds is 12. The molecule has 2 heterocycles. The summed E-state index contributed by atoms with van der Waals surface area (Å²) >= 11 is 1.50. The fourth-order valence-electron chi connectivity index (χ4n) is 2.84. The van der Waals surface area contributed by atoms with Gasteiger partial charge in [-0.25, -0.2) is 4.98 Å². The van der Waals surface area contributed by atoms with Crippen molar-refractivity contribution < 1.29 is 9.47 Å². The summed E-state index contributed by atoms with van der Waals surface area (Å²) in [4.78, 5) is 14.0. The SMILES string of the molecule is CCCCOCCOCCN=C(NCC)N1CCN(c2nc(CC)ns2)CC1. The smallest absolute Gasteiger partial charge is 0.205 e. The van der Waals surface area contributed by atoms with E-state index in [0.29, 0.717) is 26.4 Å². The second-order valence-corrected chi connectivity index (χ2v) is 7.37. The summed E-state index contributed by atoms with van der Waals surface area (Å²) in [6, 6.07) is 0. The molecule has 2 rings (SSSR count). The van der Waals surface area contributed by atoms with E-state index in [-0.39, 0.29) is 0 Å². The number of aromatic nitrogens is 2. The average Bonchev–Trinajstić information content (AvgIpc) is 3.21. The monoisotopic (exact) mass is 412 g/mol. The van der Waals surface area contributed by atoms with Crippen molar-refractivity contribution in [1.82, 2.24) is 19.6 Å². The molecule has 0 saturated carbocycles. The van der Waals surface area contributed by atoms with Crippen LogP contribution in [-0.4, -0.2) is 85.9 Å². The van der Waals surface area contributed by atoms with E-state index in [2.05, 4.69) is 45.2 Å². The van der Waals surface area contributed by atoms with Crippen molar-refractivity contribution in [1.29, 1.82) is 0 Å². The molecule has 9 heteroatoms. The summed E-state index contributed by atoms with van der Waals surface area (Å²) in [5, 5.41) is 4.43. The van der Waals surface area contributed by atoms with Crippen LogP contribution in [0.15, 0.2) is 4.99 Å². The lowest BCUT2D eigenvalue weighted by Gasteiger charge is -2.36. The first-order chi connectivity index (χ1) is 13.8. The molecule has 160 valence electrons. The highest BCUT2D eigenvalue weighted by Crippen LogP contribution is 2.19. The van der Waals surface area contributed by atoms with Gasteiger partial charge in [0.1, 0.15) is 5.82 Å². The Balaban J connectivity index is 1.69. The Kier molecular flexibility index (Phi) is 11.2. The van der Waals surface area contributed by atoms with E-state index < -0.39 is 0 Å². The second-order valence-electron chi connectivity index (χ2n) is 6.63. The van der Waals surface area contributed by atoms with Gasteiger partial charge in [0.25, 0.3) is 0 Å². The molecule has 0 atom stereocenters. The zero-order valence-electron chi connectivity index (χ0n) is 17.7. The van der Waals surface area contributed by atoms with Crippen molar-refractivity contribution in [2.75, 3.05) is 70.6 Å². The number of aryl methyl sites for hydroxylation is 1. The normalized spacial score (nSPS) is 15.3. The lowest BCUT2D eigenvalue weighted by molar-refractivity contribution is 0.0497. The number of aliphatic imine (C=N–C) groups is 1. The molecule has 1 aliphatic heterocycles. The Morgan fingerprint density at radius 1 is 1.07 bits per heavy atom. The third-order valence-corrected chi connectivity index (χ3v) is 5.28. The predicted molar refractivity (Wildman–Crippen MR) is 116 cm³/mol. The molecule has 0 radical (unpaired) electrons. The van der Waals surface area contributed by atoms with Gasteiger partial charge in [-0.05, 0) is 13.3 Å². The number of hydrogen-bond donors (Lipinski definition) is 1. The van der Waals surface area contributed by atoms with Gasteiger partial charge in [0.05, 0.1) is 26.4 Å². The van der Waals surface area contributed by atoms with Crippen LogP contribution in [0.4, 0.5) is 5.13 Å². The zero-order valence-corrected chi connectivity index (χ0v) is 18.5. The summed E-state index contributed by atoms with van der Waals surface area (Å²) in [5.41, 5.74) is 0. The van der Waals surface area contributed by atoms with Crippen molar-refractivity contribution in [3.05, 3.63) is 5.82 Å². The Labute approximate surface area is 173 Å². The molecule has 28 heavy (non-hydrogen) atoms. The van der Waals surface area contributed by atoms with Crippen LogP contribution in [-0.2, 0) is 15.9 Å². The summed E-state index contributed by atoms with van der Waals surface area (Å²) < 4.78 is 15.5. The van der Waals surface area contributed by atoms with Crippen LogP contribution in [0.1, 0.15) is 39.4 Å². The highest BCUT2D eigenvalue weighted by atomic mass is 32.1. The first-order valence-corrected chi connectivity index (χ1v) is 11.3. The molecule has 0 bridgehead atoms. The lowest BCUT2D eigenvalue weighted by atomic mass is 10.3. The Bertz CT molecular complexity index is 560. The third kappa shape index (κ3) is 7.89. The summed E-state index contributed by atoms with van der Waals surface area (Å²) in [5.74, 6) is 1.91. The molecular weight excluding hydrogens is 376 g/mol. The molecule has 0 aliphatic carbocycles. The Morgan fingerprint density at radius 2 is 1.82 bits per heavy atom. The van der Waals surface area contributed by atoms with Gasteiger partial charge in [-0.2, -0.15) is 4.37 Å². The molecule has 1 fully saturated rings. The van der Waals surface area contributed by atoms with Crippen LogP contribution in [0.3, 0.4) is 0 Å². The highest BCUT2D eigenvalue weighted by Gasteiger charge is 2.21. The van der Waals surface area contributed by atoms with Crippen LogP contribution in [0.5, 0.6) is 0 Å². The largest absolute Gasteiger partial charge is 0.379 e. The molecule has 1 aliphatic rings. The van der Waals surface area contributed by atoms with Crippen molar-refractivity contribution in [3.8, 4) is 0 Å². The third-order valence-electron chi connectivity index (χ3n) is 4.47. The van der Waals surface area contributed by atoms with Gasteiger partial charge in [-0.3, -0.25) is 4.99 Å². The van der Waals surface area contributed by atoms with Gasteiger partial charge in [0.15, 0.2) is 5.96 Å². The quantitative estimate of drug-likeness (QED) is 0.320. The minimum absolute atomic E-state index is 0.622. The van der Waals surface area contributed by atoms with Gasteiger partial charge in [-0.1, -0.05) is 20.3 Å². The molecule has 1 aromatic rings. The molecule has 8 nitrogen and oxygen atoms in total. The van der Waals surface area contributed by atoms with Crippen LogP contribution >= 0.6 is 11.5 Å². The van der Waals surface area contributed by atoms with Crippen molar-refractivity contribution in [3.63, 3.8) is 0 Å². The van der Waals surface area contributed by atoms with Gasteiger partial charge < -0.3 is 24.6 Å². The van der Waals surface area contributed by atoms with E-state index in [1.807, 2.05) is 0 Å². The number of guanidine groups is 1. The maximum absolute atomic E-state index is 5.62. The van der Waals surface area contributed by atoms with Gasteiger partial charge in [0, 0.05) is 57.3 Å². The first-order valence-electron chi connectivity index (χ1n) is 10.5. The molecule has 1 saturated heterocycles. The van der Waals surface area contributed by atoms with Crippen LogP contribution in [0.2, 0.25) is 0 Å². The predicted octanol–water partition coefficient (Wildman–Crippen LogP) is 2.02. The Morgan fingerprint density at radius 3 is 2.46 bits per heavy atom. The topological polar surface area (TPSA) is 75.1 Å². The van der Waals surface area contributed by atoms with Crippen molar-refractivity contribution in [2.45, 2.75) is 40.0 Å². The number of anilines is 1. The maximum atomic E-state index is 5.62. The molecular formula is C19H36N6O2S. The first kappa shape index (κ1) is 22.8. The van der Waals surface area contributed by atoms with E-state index in [4.69, 9.17) is 14.5 Å². The van der Waals surface area contributed by atoms with E-state index in [1.54, 1.807) is 0 Å². The van der Waals surface area contributed by atoms with Crippen LogP contribution in [0, 0.1) is 0 Å². The van der Waals surface area contributed by atoms with Crippen molar-refractivity contribution in [2.24, 2.45) is 4.99 Å². The minimum Gasteiger partial charge on any atom is -0.379 e. The standard InChI is InChI=1S/C19H36N6O2S/c1-4-7-13-26-15-16-27-14-8-21-18(20-6-3)24-9-11-25(12-10-24)19-22-17(5-2)23-28-19/h4-16H2,1-3H3,(H,20,21). The zero-order chi connectivity index (χ0) is 20.0.